The monoisotopic (exact) mass is 433 g/mol. The summed E-state index contributed by atoms with van der Waals surface area (Å²) in [5.41, 5.74) is 1.48. The first kappa shape index (κ1) is 22.1. The lowest BCUT2D eigenvalue weighted by Crippen LogP contribution is -2.28. The molecule has 8 nitrogen and oxygen atoms in total. The SMILES string of the molecule is COc1ccc(C2CCCN2CCC(=O)Nc2cccc(S(N)(=O)=O)c2)c(OC)c1. The van der Waals surface area contributed by atoms with Gasteiger partial charge in [-0.1, -0.05) is 12.1 Å². The minimum atomic E-state index is -3.82. The summed E-state index contributed by atoms with van der Waals surface area (Å²) in [4.78, 5) is 14.7. The smallest absolute Gasteiger partial charge is 0.238 e. The van der Waals surface area contributed by atoms with Crippen LogP contribution in [0.25, 0.3) is 0 Å². The molecule has 3 N–H and O–H groups in total. The van der Waals surface area contributed by atoms with E-state index < -0.39 is 10.0 Å². The van der Waals surface area contributed by atoms with Crippen LogP contribution < -0.4 is 19.9 Å². The molecule has 1 atom stereocenters. The fourth-order valence-electron chi connectivity index (χ4n) is 3.76. The van der Waals surface area contributed by atoms with Gasteiger partial charge >= 0.3 is 0 Å². The number of sulfonamides is 1. The average Bonchev–Trinajstić information content (AvgIpc) is 3.19. The lowest BCUT2D eigenvalue weighted by molar-refractivity contribution is -0.116. The summed E-state index contributed by atoms with van der Waals surface area (Å²) in [7, 11) is -0.558. The molecule has 0 radical (unpaired) electrons. The van der Waals surface area contributed by atoms with E-state index in [2.05, 4.69) is 10.2 Å². The van der Waals surface area contributed by atoms with E-state index >= 15 is 0 Å². The summed E-state index contributed by atoms with van der Waals surface area (Å²) in [6, 6.07) is 11.9. The van der Waals surface area contributed by atoms with Crippen molar-refractivity contribution in [3.63, 3.8) is 0 Å². The fraction of sp³-hybridized carbons (Fsp3) is 0.381. The van der Waals surface area contributed by atoms with Crippen LogP contribution in [0.1, 0.15) is 30.9 Å². The van der Waals surface area contributed by atoms with Crippen molar-refractivity contribution in [2.45, 2.75) is 30.2 Å². The molecule has 0 bridgehead atoms. The lowest BCUT2D eigenvalue weighted by Gasteiger charge is -2.26. The predicted molar refractivity (Wildman–Crippen MR) is 114 cm³/mol. The molecule has 9 heteroatoms. The van der Waals surface area contributed by atoms with Gasteiger partial charge in [0.2, 0.25) is 15.9 Å². The van der Waals surface area contributed by atoms with Gasteiger partial charge in [0.15, 0.2) is 0 Å². The van der Waals surface area contributed by atoms with E-state index in [1.807, 2.05) is 18.2 Å². The Morgan fingerprint density at radius 3 is 2.70 bits per heavy atom. The standard InChI is InChI=1S/C21H27N3O5S/c1-28-16-8-9-18(20(14-16)29-2)19-7-4-11-24(19)12-10-21(25)23-15-5-3-6-17(13-15)30(22,26)27/h3,5-6,8-9,13-14,19H,4,7,10-12H2,1-2H3,(H,23,25)(H2,22,26,27). The van der Waals surface area contributed by atoms with Crippen molar-refractivity contribution in [1.82, 2.24) is 4.90 Å². The maximum Gasteiger partial charge on any atom is 0.238 e. The van der Waals surface area contributed by atoms with Crippen molar-refractivity contribution in [2.24, 2.45) is 5.14 Å². The molecule has 2 aromatic rings. The first-order valence-electron chi connectivity index (χ1n) is 9.70. The van der Waals surface area contributed by atoms with Crippen molar-refractivity contribution >= 4 is 21.6 Å². The highest BCUT2D eigenvalue weighted by molar-refractivity contribution is 7.89. The van der Waals surface area contributed by atoms with Crippen LogP contribution in [0, 0.1) is 0 Å². The Balaban J connectivity index is 1.63. The molecule has 0 spiro atoms. The number of hydrogen-bond donors (Lipinski definition) is 2. The van der Waals surface area contributed by atoms with E-state index in [1.54, 1.807) is 26.4 Å². The van der Waals surface area contributed by atoms with Crippen molar-refractivity contribution in [1.29, 1.82) is 0 Å². The Bertz CT molecular complexity index is 1010. The third-order valence-corrected chi connectivity index (χ3v) is 6.15. The maximum atomic E-state index is 12.4. The Morgan fingerprint density at radius 2 is 2.00 bits per heavy atom. The molecule has 2 aromatic carbocycles. The van der Waals surface area contributed by atoms with Gasteiger partial charge in [0, 0.05) is 36.3 Å². The third-order valence-electron chi connectivity index (χ3n) is 5.24. The van der Waals surface area contributed by atoms with Gasteiger partial charge < -0.3 is 14.8 Å². The molecular formula is C21H27N3O5S. The van der Waals surface area contributed by atoms with Crippen molar-refractivity contribution < 1.29 is 22.7 Å². The number of rotatable bonds is 8. The van der Waals surface area contributed by atoms with Crippen LogP contribution in [0.2, 0.25) is 0 Å². The lowest BCUT2D eigenvalue weighted by atomic mass is 10.0. The quantitative estimate of drug-likeness (QED) is 0.662. The first-order chi connectivity index (χ1) is 14.3. The topological polar surface area (TPSA) is 111 Å². The Labute approximate surface area is 177 Å². The maximum absolute atomic E-state index is 12.4. The van der Waals surface area contributed by atoms with E-state index in [4.69, 9.17) is 14.6 Å². The van der Waals surface area contributed by atoms with Crippen molar-refractivity contribution in [3.05, 3.63) is 48.0 Å². The normalized spacial score (nSPS) is 17.0. The number of anilines is 1. The van der Waals surface area contributed by atoms with E-state index in [0.29, 0.717) is 12.2 Å². The highest BCUT2D eigenvalue weighted by Gasteiger charge is 2.28. The second kappa shape index (κ2) is 9.46. The number of amides is 1. The number of nitrogens with two attached hydrogens (primary N) is 1. The molecule has 1 fully saturated rings. The van der Waals surface area contributed by atoms with Crippen LogP contribution in [0.3, 0.4) is 0 Å². The van der Waals surface area contributed by atoms with Crippen LogP contribution in [0.15, 0.2) is 47.4 Å². The zero-order valence-electron chi connectivity index (χ0n) is 17.1. The highest BCUT2D eigenvalue weighted by Crippen LogP contribution is 2.38. The van der Waals surface area contributed by atoms with Crippen LogP contribution in [0.5, 0.6) is 11.5 Å². The summed E-state index contributed by atoms with van der Waals surface area (Å²) < 4.78 is 33.8. The van der Waals surface area contributed by atoms with Crippen molar-refractivity contribution in [2.75, 3.05) is 32.6 Å². The summed E-state index contributed by atoms with van der Waals surface area (Å²) in [6.07, 6.45) is 2.31. The van der Waals surface area contributed by atoms with Gasteiger partial charge in [0.1, 0.15) is 11.5 Å². The number of hydrogen-bond acceptors (Lipinski definition) is 6. The number of benzene rings is 2. The summed E-state index contributed by atoms with van der Waals surface area (Å²) in [5, 5.41) is 7.89. The molecular weight excluding hydrogens is 406 g/mol. The largest absolute Gasteiger partial charge is 0.497 e. The second-order valence-corrected chi connectivity index (χ2v) is 8.73. The van der Waals surface area contributed by atoms with E-state index in [9.17, 15) is 13.2 Å². The molecule has 162 valence electrons. The molecule has 1 aliphatic heterocycles. The number of likely N-dealkylation sites (tertiary alicyclic amines) is 1. The van der Waals surface area contributed by atoms with Gasteiger partial charge in [0.05, 0.1) is 19.1 Å². The summed E-state index contributed by atoms with van der Waals surface area (Å²) >= 11 is 0. The summed E-state index contributed by atoms with van der Waals surface area (Å²) in [6.45, 7) is 1.48. The number of carbonyl (C=O) groups excluding carboxylic acids is 1. The second-order valence-electron chi connectivity index (χ2n) is 7.17. The number of primary sulfonamides is 1. The van der Waals surface area contributed by atoms with Gasteiger partial charge in [-0.3, -0.25) is 9.69 Å². The third kappa shape index (κ3) is 5.29. The van der Waals surface area contributed by atoms with Gasteiger partial charge in [-0.05, 0) is 43.7 Å². The van der Waals surface area contributed by atoms with Crippen LogP contribution in [-0.2, 0) is 14.8 Å². The van der Waals surface area contributed by atoms with E-state index in [1.165, 1.54) is 12.1 Å². The van der Waals surface area contributed by atoms with Crippen LogP contribution in [0.4, 0.5) is 5.69 Å². The fourth-order valence-corrected chi connectivity index (χ4v) is 4.32. The Kier molecular flexibility index (Phi) is 6.96. The zero-order chi connectivity index (χ0) is 21.7. The van der Waals surface area contributed by atoms with E-state index in [0.717, 1.165) is 36.4 Å². The van der Waals surface area contributed by atoms with Gasteiger partial charge in [-0.2, -0.15) is 0 Å². The van der Waals surface area contributed by atoms with Gasteiger partial charge in [0.25, 0.3) is 0 Å². The number of nitrogens with zero attached hydrogens (tertiary/aromatic N) is 1. The highest BCUT2D eigenvalue weighted by atomic mass is 32.2. The molecule has 1 aliphatic rings. The minimum absolute atomic E-state index is 0.0356. The number of carbonyl (C=O) groups is 1. The molecule has 1 unspecified atom stereocenters. The summed E-state index contributed by atoms with van der Waals surface area (Å²) in [5.74, 6) is 1.32. The number of nitrogens with one attached hydrogen (secondary N) is 1. The Hall–Kier alpha value is -2.62. The Morgan fingerprint density at radius 1 is 1.20 bits per heavy atom. The number of methoxy groups -OCH3 is 2. The molecule has 1 amide bonds. The van der Waals surface area contributed by atoms with Gasteiger partial charge in [-0.25, -0.2) is 13.6 Å². The molecule has 0 aliphatic carbocycles. The van der Waals surface area contributed by atoms with E-state index in [-0.39, 0.29) is 23.3 Å². The molecule has 3 rings (SSSR count). The molecule has 1 saturated heterocycles. The molecule has 1 heterocycles. The first-order valence-corrected chi connectivity index (χ1v) is 11.2. The number of ether oxygens (including phenoxy) is 2. The van der Waals surface area contributed by atoms with Crippen molar-refractivity contribution in [3.8, 4) is 11.5 Å². The van der Waals surface area contributed by atoms with Crippen LogP contribution >= 0.6 is 0 Å². The molecule has 0 aromatic heterocycles. The van der Waals surface area contributed by atoms with Crippen LogP contribution in [-0.4, -0.2) is 46.5 Å². The minimum Gasteiger partial charge on any atom is -0.497 e. The zero-order valence-corrected chi connectivity index (χ0v) is 17.9. The molecule has 30 heavy (non-hydrogen) atoms. The molecule has 0 saturated carbocycles. The average molecular weight is 434 g/mol. The van der Waals surface area contributed by atoms with Gasteiger partial charge in [-0.15, -0.1) is 0 Å². The predicted octanol–water partition coefficient (Wildman–Crippen LogP) is 2.52.